The molecule has 0 aliphatic rings. The number of benzene rings is 1. The summed E-state index contributed by atoms with van der Waals surface area (Å²) in [6.07, 6.45) is 3.28. The zero-order valence-corrected chi connectivity index (χ0v) is 14.3. The van der Waals surface area contributed by atoms with Crippen molar-refractivity contribution in [2.24, 2.45) is 0 Å². The van der Waals surface area contributed by atoms with Crippen LogP contribution in [0.3, 0.4) is 0 Å². The lowest BCUT2D eigenvalue weighted by Gasteiger charge is -2.07. The first-order chi connectivity index (χ1) is 11.2. The molecule has 3 rings (SSSR count). The summed E-state index contributed by atoms with van der Waals surface area (Å²) in [5, 5.41) is 11.4. The fraction of sp³-hybridized carbons (Fsp3) is 0.0667. The van der Waals surface area contributed by atoms with Crippen LogP contribution in [0.2, 0.25) is 0 Å². The van der Waals surface area contributed by atoms with E-state index in [1.165, 1.54) is 11.8 Å². The number of pyridine rings is 1. The van der Waals surface area contributed by atoms with Crippen LogP contribution in [-0.2, 0) is 4.79 Å². The number of carbonyl (C=O) groups excluding carboxylic acids is 1. The lowest BCUT2D eigenvalue weighted by atomic mass is 10.3. The maximum atomic E-state index is 12.1. The number of nitrogens with one attached hydrogen (secondary N) is 1. The minimum Gasteiger partial charge on any atom is -0.324 e. The Morgan fingerprint density at radius 3 is 2.83 bits per heavy atom. The first kappa shape index (κ1) is 15.7. The summed E-state index contributed by atoms with van der Waals surface area (Å²) in [5.74, 6) is 0.830. The average Bonchev–Trinajstić information content (AvgIpc) is 3.04. The highest BCUT2D eigenvalue weighted by Crippen LogP contribution is 2.22. The fourth-order valence-corrected chi connectivity index (χ4v) is 2.96. The molecule has 0 aliphatic heterocycles. The molecule has 3 aromatic rings. The Bertz CT molecular complexity index is 808. The molecular formula is C15H12BrN5OS. The zero-order chi connectivity index (χ0) is 16.1. The number of para-hydroxylation sites is 1. The van der Waals surface area contributed by atoms with Crippen LogP contribution >= 0.6 is 27.7 Å². The Balaban J connectivity index is 1.64. The van der Waals surface area contributed by atoms with Crippen LogP contribution in [0.1, 0.15) is 0 Å². The second-order valence-electron chi connectivity index (χ2n) is 4.49. The molecule has 1 amide bonds. The minimum atomic E-state index is -0.113. The van der Waals surface area contributed by atoms with Crippen molar-refractivity contribution in [1.29, 1.82) is 0 Å². The van der Waals surface area contributed by atoms with Crippen LogP contribution in [0, 0.1) is 0 Å². The topological polar surface area (TPSA) is 72.7 Å². The lowest BCUT2D eigenvalue weighted by molar-refractivity contribution is -0.113. The van der Waals surface area contributed by atoms with Gasteiger partial charge in [-0.1, -0.05) is 30.0 Å². The van der Waals surface area contributed by atoms with Gasteiger partial charge in [0.25, 0.3) is 0 Å². The molecule has 2 aromatic heterocycles. The molecule has 2 heterocycles. The third kappa shape index (κ3) is 3.96. The number of rotatable bonds is 5. The number of hydrogen-bond donors (Lipinski definition) is 1. The maximum absolute atomic E-state index is 12.1. The van der Waals surface area contributed by atoms with Gasteiger partial charge in [0.15, 0.2) is 5.16 Å². The summed E-state index contributed by atoms with van der Waals surface area (Å²) in [6.45, 7) is 0. The summed E-state index contributed by atoms with van der Waals surface area (Å²) >= 11 is 4.70. The van der Waals surface area contributed by atoms with E-state index in [1.807, 2.05) is 42.5 Å². The number of hydrogen-bond acceptors (Lipinski definition) is 5. The predicted molar refractivity (Wildman–Crippen MR) is 92.6 cm³/mol. The Morgan fingerprint density at radius 2 is 2.04 bits per heavy atom. The summed E-state index contributed by atoms with van der Waals surface area (Å²) in [7, 11) is 0. The van der Waals surface area contributed by atoms with Gasteiger partial charge < -0.3 is 5.32 Å². The van der Waals surface area contributed by atoms with Crippen molar-refractivity contribution in [2.45, 2.75) is 5.16 Å². The average molecular weight is 390 g/mol. The number of thioether (sulfide) groups is 1. The van der Waals surface area contributed by atoms with Gasteiger partial charge in [-0.05, 0) is 40.2 Å². The number of halogens is 1. The molecule has 0 unspecified atom stereocenters. The van der Waals surface area contributed by atoms with Crippen LogP contribution < -0.4 is 5.32 Å². The smallest absolute Gasteiger partial charge is 0.234 e. The van der Waals surface area contributed by atoms with E-state index < -0.39 is 0 Å². The number of nitrogens with zero attached hydrogens (tertiary/aromatic N) is 4. The second kappa shape index (κ2) is 7.38. The third-order valence-electron chi connectivity index (χ3n) is 2.89. The number of aromatic nitrogens is 4. The van der Waals surface area contributed by atoms with Crippen LogP contribution in [0.5, 0.6) is 0 Å². The summed E-state index contributed by atoms with van der Waals surface area (Å²) in [5.41, 5.74) is 0.740. The molecule has 0 saturated carbocycles. The van der Waals surface area contributed by atoms with E-state index >= 15 is 0 Å². The molecule has 0 atom stereocenters. The van der Waals surface area contributed by atoms with Crippen molar-refractivity contribution < 1.29 is 4.79 Å². The molecule has 0 saturated heterocycles. The van der Waals surface area contributed by atoms with Crippen LogP contribution in [0.25, 0.3) is 5.82 Å². The molecule has 116 valence electrons. The molecular weight excluding hydrogens is 378 g/mol. The van der Waals surface area contributed by atoms with E-state index in [0.717, 1.165) is 10.2 Å². The largest absolute Gasteiger partial charge is 0.324 e. The molecule has 0 bridgehead atoms. The van der Waals surface area contributed by atoms with E-state index in [9.17, 15) is 4.79 Å². The lowest BCUT2D eigenvalue weighted by Crippen LogP contribution is -2.14. The van der Waals surface area contributed by atoms with Crippen molar-refractivity contribution >= 4 is 39.3 Å². The van der Waals surface area contributed by atoms with E-state index in [1.54, 1.807) is 17.1 Å². The van der Waals surface area contributed by atoms with Crippen LogP contribution in [0.4, 0.5) is 5.69 Å². The molecule has 0 aliphatic carbocycles. The molecule has 0 radical (unpaired) electrons. The fourth-order valence-electron chi connectivity index (χ4n) is 1.86. The third-order valence-corrected chi connectivity index (χ3v) is 4.53. The summed E-state index contributed by atoms with van der Waals surface area (Å²) in [4.78, 5) is 16.3. The molecule has 23 heavy (non-hydrogen) atoms. The Kier molecular flexibility index (Phi) is 5.04. The standard InChI is InChI=1S/C15H12BrN5OS/c16-11-5-1-2-6-12(11)19-14(22)9-23-15-20-18-10-21(15)13-7-3-4-8-17-13/h1-8,10H,9H2,(H,19,22). The normalized spacial score (nSPS) is 10.5. The van der Waals surface area contributed by atoms with E-state index in [2.05, 4.69) is 36.4 Å². The van der Waals surface area contributed by atoms with Crippen molar-refractivity contribution in [3.8, 4) is 5.82 Å². The number of carbonyl (C=O) groups is 1. The van der Waals surface area contributed by atoms with E-state index in [-0.39, 0.29) is 11.7 Å². The zero-order valence-electron chi connectivity index (χ0n) is 11.9. The number of anilines is 1. The minimum absolute atomic E-state index is 0.113. The molecule has 6 nitrogen and oxygen atoms in total. The van der Waals surface area contributed by atoms with Crippen molar-refractivity contribution in [2.75, 3.05) is 11.1 Å². The van der Waals surface area contributed by atoms with Gasteiger partial charge in [-0.25, -0.2) is 4.98 Å². The van der Waals surface area contributed by atoms with Crippen molar-refractivity contribution in [3.63, 3.8) is 0 Å². The van der Waals surface area contributed by atoms with Gasteiger partial charge in [0, 0.05) is 10.7 Å². The predicted octanol–water partition coefficient (Wildman–Crippen LogP) is 3.16. The molecule has 0 fully saturated rings. The van der Waals surface area contributed by atoms with Gasteiger partial charge in [0.05, 0.1) is 11.4 Å². The second-order valence-corrected chi connectivity index (χ2v) is 6.28. The Hall–Kier alpha value is -2.19. The van der Waals surface area contributed by atoms with E-state index in [4.69, 9.17) is 0 Å². The van der Waals surface area contributed by atoms with Gasteiger partial charge in [-0.3, -0.25) is 9.36 Å². The first-order valence-electron chi connectivity index (χ1n) is 6.72. The highest BCUT2D eigenvalue weighted by molar-refractivity contribution is 9.10. The van der Waals surface area contributed by atoms with E-state index in [0.29, 0.717) is 11.0 Å². The highest BCUT2D eigenvalue weighted by atomic mass is 79.9. The maximum Gasteiger partial charge on any atom is 0.234 e. The monoisotopic (exact) mass is 389 g/mol. The van der Waals surface area contributed by atoms with Crippen molar-refractivity contribution in [1.82, 2.24) is 19.7 Å². The van der Waals surface area contributed by atoms with Gasteiger partial charge >= 0.3 is 0 Å². The van der Waals surface area contributed by atoms with Gasteiger partial charge in [-0.2, -0.15) is 0 Å². The SMILES string of the molecule is O=C(CSc1nncn1-c1ccccn1)Nc1ccccc1Br. The molecule has 1 N–H and O–H groups in total. The molecule has 1 aromatic carbocycles. The number of amides is 1. The molecule has 8 heteroatoms. The Labute approximate surface area is 145 Å². The Morgan fingerprint density at radius 1 is 1.22 bits per heavy atom. The van der Waals surface area contributed by atoms with Crippen LogP contribution in [-0.4, -0.2) is 31.4 Å². The molecule has 0 spiro atoms. The summed E-state index contributed by atoms with van der Waals surface area (Å²) < 4.78 is 2.59. The van der Waals surface area contributed by atoms with Crippen LogP contribution in [0.15, 0.2) is 64.6 Å². The highest BCUT2D eigenvalue weighted by Gasteiger charge is 2.11. The summed E-state index contributed by atoms with van der Waals surface area (Å²) in [6, 6.07) is 13.1. The van der Waals surface area contributed by atoms with Gasteiger partial charge in [-0.15, -0.1) is 10.2 Å². The van der Waals surface area contributed by atoms with Crippen molar-refractivity contribution in [3.05, 3.63) is 59.5 Å². The van der Waals surface area contributed by atoms with Gasteiger partial charge in [0.1, 0.15) is 12.1 Å². The first-order valence-corrected chi connectivity index (χ1v) is 8.50. The quantitative estimate of drug-likeness (QED) is 0.678. The van der Waals surface area contributed by atoms with Gasteiger partial charge in [0.2, 0.25) is 5.91 Å².